The lowest BCUT2D eigenvalue weighted by molar-refractivity contribution is 0.0741. The van der Waals surface area contributed by atoms with E-state index < -0.39 is 0 Å². The Bertz CT molecular complexity index is 1030. The largest absolute Gasteiger partial charge is 0.493 e. The molecule has 0 saturated heterocycles. The van der Waals surface area contributed by atoms with Gasteiger partial charge in [-0.15, -0.1) is 0 Å². The van der Waals surface area contributed by atoms with Crippen LogP contribution in [0.4, 0.5) is 0 Å². The van der Waals surface area contributed by atoms with Crippen LogP contribution < -0.4 is 9.47 Å². The van der Waals surface area contributed by atoms with Gasteiger partial charge in [0.25, 0.3) is 5.91 Å². The smallest absolute Gasteiger partial charge is 0.273 e. The molecular formula is C24H27N3O3. The summed E-state index contributed by atoms with van der Waals surface area (Å²) >= 11 is 0. The van der Waals surface area contributed by atoms with E-state index in [1.165, 1.54) is 0 Å². The molecule has 0 saturated carbocycles. The van der Waals surface area contributed by atoms with Gasteiger partial charge in [-0.05, 0) is 31.0 Å². The highest BCUT2D eigenvalue weighted by Crippen LogP contribution is 2.44. The molecule has 0 aliphatic carbocycles. The summed E-state index contributed by atoms with van der Waals surface area (Å²) in [5.74, 6) is 1.35. The minimum atomic E-state index is -0.224. The predicted octanol–water partition coefficient (Wildman–Crippen LogP) is 4.83. The van der Waals surface area contributed by atoms with E-state index in [-0.39, 0.29) is 11.9 Å². The summed E-state index contributed by atoms with van der Waals surface area (Å²) < 4.78 is 11.3. The molecule has 0 bridgehead atoms. The monoisotopic (exact) mass is 405 g/mol. The molecule has 1 aliphatic heterocycles. The van der Waals surface area contributed by atoms with Gasteiger partial charge in [-0.25, -0.2) is 0 Å². The van der Waals surface area contributed by atoms with E-state index in [1.54, 1.807) is 7.11 Å². The van der Waals surface area contributed by atoms with Crippen LogP contribution in [0.3, 0.4) is 0 Å². The number of nitrogens with zero attached hydrogens (tertiary/aromatic N) is 2. The van der Waals surface area contributed by atoms with Crippen LogP contribution in [-0.4, -0.2) is 41.3 Å². The second kappa shape index (κ2) is 8.61. The third-order valence-corrected chi connectivity index (χ3v) is 5.47. The maximum atomic E-state index is 13.3. The van der Waals surface area contributed by atoms with E-state index in [9.17, 15) is 4.79 Å². The lowest BCUT2D eigenvalue weighted by Gasteiger charge is -2.27. The van der Waals surface area contributed by atoms with Crippen molar-refractivity contribution in [2.24, 2.45) is 0 Å². The number of aromatic nitrogens is 2. The minimum Gasteiger partial charge on any atom is -0.493 e. The van der Waals surface area contributed by atoms with Crippen molar-refractivity contribution in [3.05, 3.63) is 65.4 Å². The Kier molecular flexibility index (Phi) is 5.74. The fourth-order valence-electron chi connectivity index (χ4n) is 4.05. The molecule has 30 heavy (non-hydrogen) atoms. The van der Waals surface area contributed by atoms with Crippen LogP contribution in [0.25, 0.3) is 11.3 Å². The Balaban J connectivity index is 1.84. The lowest BCUT2D eigenvalue weighted by atomic mass is 9.95. The van der Waals surface area contributed by atoms with Crippen LogP contribution in [0.1, 0.15) is 54.3 Å². The Morgan fingerprint density at radius 3 is 2.60 bits per heavy atom. The summed E-state index contributed by atoms with van der Waals surface area (Å²) in [5.41, 5.74) is 4.28. The minimum absolute atomic E-state index is 0.00835. The van der Waals surface area contributed by atoms with Gasteiger partial charge in [-0.3, -0.25) is 9.89 Å². The van der Waals surface area contributed by atoms with Gasteiger partial charge in [-0.2, -0.15) is 5.10 Å². The van der Waals surface area contributed by atoms with Gasteiger partial charge >= 0.3 is 0 Å². The molecule has 4 rings (SSSR count). The van der Waals surface area contributed by atoms with Crippen LogP contribution in [0.2, 0.25) is 0 Å². The number of benzene rings is 2. The molecule has 6 heteroatoms. The van der Waals surface area contributed by atoms with E-state index in [1.807, 2.05) is 60.4 Å². The van der Waals surface area contributed by atoms with Gasteiger partial charge in [0, 0.05) is 17.7 Å². The third kappa shape index (κ3) is 3.43. The molecule has 0 radical (unpaired) electrons. The molecule has 6 nitrogen and oxygen atoms in total. The summed E-state index contributed by atoms with van der Waals surface area (Å²) in [6.45, 7) is 5.32. The van der Waals surface area contributed by atoms with E-state index in [2.05, 4.69) is 17.1 Å². The standard InChI is InChI=1S/C24H27N3O3/c1-4-6-14-27-23(17-12-13-18(30-5-2)19(15-17)29-3)20-21(16-10-8-7-9-11-16)25-26-22(20)24(27)28/h7-13,15,23H,4-6,14H2,1-3H3,(H,25,26). The van der Waals surface area contributed by atoms with Crippen molar-refractivity contribution in [1.29, 1.82) is 0 Å². The zero-order valence-corrected chi connectivity index (χ0v) is 17.6. The molecule has 1 N–H and O–H groups in total. The molecule has 156 valence electrons. The predicted molar refractivity (Wildman–Crippen MR) is 116 cm³/mol. The van der Waals surface area contributed by atoms with Crippen molar-refractivity contribution >= 4 is 5.91 Å². The maximum Gasteiger partial charge on any atom is 0.273 e. The van der Waals surface area contributed by atoms with Gasteiger partial charge < -0.3 is 14.4 Å². The number of H-pyrrole nitrogens is 1. The normalized spacial score (nSPS) is 15.4. The number of unbranched alkanes of at least 4 members (excludes halogenated alkanes) is 1. The molecule has 1 atom stereocenters. The first-order valence-electron chi connectivity index (χ1n) is 10.4. The van der Waals surface area contributed by atoms with Crippen molar-refractivity contribution in [3.8, 4) is 22.8 Å². The average molecular weight is 405 g/mol. The molecular weight excluding hydrogens is 378 g/mol. The van der Waals surface area contributed by atoms with Gasteiger partial charge in [0.05, 0.1) is 25.5 Å². The van der Waals surface area contributed by atoms with Crippen molar-refractivity contribution < 1.29 is 14.3 Å². The molecule has 1 amide bonds. The zero-order valence-electron chi connectivity index (χ0n) is 17.6. The lowest BCUT2D eigenvalue weighted by Crippen LogP contribution is -2.30. The van der Waals surface area contributed by atoms with Crippen molar-refractivity contribution in [3.63, 3.8) is 0 Å². The number of hydrogen-bond donors (Lipinski definition) is 1. The fraction of sp³-hybridized carbons (Fsp3) is 0.333. The summed E-state index contributed by atoms with van der Waals surface area (Å²) in [4.78, 5) is 15.2. The third-order valence-electron chi connectivity index (χ3n) is 5.47. The van der Waals surface area contributed by atoms with E-state index in [0.29, 0.717) is 30.3 Å². The van der Waals surface area contributed by atoms with Crippen LogP contribution in [0.15, 0.2) is 48.5 Å². The molecule has 1 aliphatic rings. The summed E-state index contributed by atoms with van der Waals surface area (Å²) in [5, 5.41) is 7.51. The SMILES string of the molecule is CCCCN1C(=O)c2[nH]nc(-c3ccccc3)c2C1c1ccc(OCC)c(OC)c1. The number of amides is 1. The number of aromatic amines is 1. The number of rotatable bonds is 8. The Morgan fingerprint density at radius 1 is 1.10 bits per heavy atom. The molecule has 2 heterocycles. The average Bonchev–Trinajstić information content (AvgIpc) is 3.32. The summed E-state index contributed by atoms with van der Waals surface area (Å²) in [6, 6.07) is 15.7. The zero-order chi connectivity index (χ0) is 21.1. The first kappa shape index (κ1) is 20.0. The first-order chi connectivity index (χ1) is 14.7. The molecule has 2 aromatic carbocycles. The summed E-state index contributed by atoms with van der Waals surface area (Å²) in [7, 11) is 1.63. The second-order valence-electron chi connectivity index (χ2n) is 7.32. The number of nitrogens with one attached hydrogen (secondary N) is 1. The van der Waals surface area contributed by atoms with Gasteiger partial charge in [-0.1, -0.05) is 49.7 Å². The van der Waals surface area contributed by atoms with Crippen LogP contribution in [0, 0.1) is 0 Å². The van der Waals surface area contributed by atoms with Crippen LogP contribution in [-0.2, 0) is 0 Å². The highest BCUT2D eigenvalue weighted by Gasteiger charge is 2.42. The molecule has 1 unspecified atom stereocenters. The highest BCUT2D eigenvalue weighted by atomic mass is 16.5. The maximum absolute atomic E-state index is 13.3. The van der Waals surface area contributed by atoms with Gasteiger partial charge in [0.1, 0.15) is 5.69 Å². The van der Waals surface area contributed by atoms with Gasteiger partial charge in [0.15, 0.2) is 11.5 Å². The summed E-state index contributed by atoms with van der Waals surface area (Å²) in [6.07, 6.45) is 1.95. The Hall–Kier alpha value is -3.28. The van der Waals surface area contributed by atoms with Gasteiger partial charge in [0.2, 0.25) is 0 Å². The van der Waals surface area contributed by atoms with Crippen molar-refractivity contribution in [2.75, 3.05) is 20.3 Å². The highest BCUT2D eigenvalue weighted by molar-refractivity contribution is 6.00. The molecule has 0 fully saturated rings. The van der Waals surface area contributed by atoms with E-state index in [0.717, 1.165) is 35.2 Å². The molecule has 1 aromatic heterocycles. The number of fused-ring (bicyclic) bond motifs is 1. The fourth-order valence-corrected chi connectivity index (χ4v) is 4.05. The molecule has 0 spiro atoms. The van der Waals surface area contributed by atoms with Crippen LogP contribution in [0.5, 0.6) is 11.5 Å². The van der Waals surface area contributed by atoms with E-state index in [4.69, 9.17) is 9.47 Å². The van der Waals surface area contributed by atoms with Crippen LogP contribution >= 0.6 is 0 Å². The Labute approximate surface area is 176 Å². The number of methoxy groups -OCH3 is 1. The second-order valence-corrected chi connectivity index (χ2v) is 7.32. The quantitative estimate of drug-likeness (QED) is 0.583. The number of ether oxygens (including phenoxy) is 2. The Morgan fingerprint density at radius 2 is 1.90 bits per heavy atom. The van der Waals surface area contributed by atoms with Crippen molar-refractivity contribution in [2.45, 2.75) is 32.7 Å². The molecule has 3 aromatic rings. The number of hydrogen-bond acceptors (Lipinski definition) is 4. The number of carbonyl (C=O) groups excluding carboxylic acids is 1. The van der Waals surface area contributed by atoms with E-state index >= 15 is 0 Å². The topological polar surface area (TPSA) is 67.5 Å². The number of carbonyl (C=O) groups is 1. The van der Waals surface area contributed by atoms with Crippen molar-refractivity contribution in [1.82, 2.24) is 15.1 Å². The first-order valence-corrected chi connectivity index (χ1v) is 10.4.